The molecule has 2 heterocycles. The molecule has 2 aromatic carbocycles. The van der Waals surface area contributed by atoms with E-state index >= 15 is 0 Å². The third kappa shape index (κ3) is 2.99. The molecule has 0 saturated carbocycles. The minimum Gasteiger partial charge on any atom is -0.507 e. The van der Waals surface area contributed by atoms with E-state index in [0.29, 0.717) is 17.9 Å². The average Bonchev–Trinajstić information content (AvgIpc) is 3.05. The molecule has 3 aromatic rings. The molecule has 1 N–H and O–H groups in total. The highest BCUT2D eigenvalue weighted by Gasteiger charge is 2.34. The normalized spacial score (nSPS) is 16.6. The Morgan fingerprint density at radius 1 is 1.19 bits per heavy atom. The first-order valence-electron chi connectivity index (χ1n) is 8.64. The maximum atomic E-state index is 12.2. The number of carbonyl (C=O) groups is 1. The van der Waals surface area contributed by atoms with E-state index in [4.69, 9.17) is 4.42 Å². The summed E-state index contributed by atoms with van der Waals surface area (Å²) in [4.78, 5) is 24.4. The largest absolute Gasteiger partial charge is 0.507 e. The predicted octanol–water partition coefficient (Wildman–Crippen LogP) is 3.50. The molecule has 4 rings (SSSR count). The van der Waals surface area contributed by atoms with E-state index in [-0.39, 0.29) is 23.3 Å². The number of benzene rings is 2. The van der Waals surface area contributed by atoms with Gasteiger partial charge in [-0.2, -0.15) is 5.10 Å². The van der Waals surface area contributed by atoms with Crippen molar-refractivity contribution in [3.05, 3.63) is 75.8 Å². The van der Waals surface area contributed by atoms with Crippen LogP contribution in [0.3, 0.4) is 0 Å². The molecule has 1 atom stereocenters. The number of hydrogen-bond donors (Lipinski definition) is 1. The lowest BCUT2D eigenvalue weighted by atomic mass is 9.96. The molecule has 0 fully saturated rings. The molecule has 0 radical (unpaired) electrons. The Hall–Kier alpha value is -3.41. The molecule has 0 unspecified atom stereocenters. The summed E-state index contributed by atoms with van der Waals surface area (Å²) in [5.41, 5.74) is 0.609. The highest BCUT2D eigenvalue weighted by Crippen LogP contribution is 2.35. The summed E-state index contributed by atoms with van der Waals surface area (Å²) in [6.07, 6.45) is 0.319. The number of rotatable bonds is 2. The number of amides is 1. The zero-order chi connectivity index (χ0) is 19.1. The van der Waals surface area contributed by atoms with Gasteiger partial charge in [0.2, 0.25) is 5.91 Å². The SMILES string of the molecule is CC(=O)N1N=C(c2c(O)cc(C)oc2=O)C[C@H]1c1ccc2ccccc2c1. The number of aryl methyl sites for hydroxylation is 1. The van der Waals surface area contributed by atoms with Crippen LogP contribution >= 0.6 is 0 Å². The van der Waals surface area contributed by atoms with Gasteiger partial charge < -0.3 is 9.52 Å². The van der Waals surface area contributed by atoms with Gasteiger partial charge in [0.15, 0.2) is 0 Å². The fourth-order valence-electron chi connectivity index (χ4n) is 3.49. The molecular weight excluding hydrogens is 344 g/mol. The van der Waals surface area contributed by atoms with Crippen molar-refractivity contribution in [2.24, 2.45) is 5.10 Å². The summed E-state index contributed by atoms with van der Waals surface area (Å²) in [7, 11) is 0. The summed E-state index contributed by atoms with van der Waals surface area (Å²) in [6, 6.07) is 15.0. The average molecular weight is 362 g/mol. The van der Waals surface area contributed by atoms with Crippen molar-refractivity contribution in [1.29, 1.82) is 0 Å². The quantitative estimate of drug-likeness (QED) is 0.756. The zero-order valence-electron chi connectivity index (χ0n) is 15.0. The molecule has 0 spiro atoms. The van der Waals surface area contributed by atoms with Crippen molar-refractivity contribution in [1.82, 2.24) is 5.01 Å². The van der Waals surface area contributed by atoms with Gasteiger partial charge in [0.05, 0.1) is 11.8 Å². The monoisotopic (exact) mass is 362 g/mol. The maximum absolute atomic E-state index is 12.2. The number of nitrogens with zero attached hydrogens (tertiary/aromatic N) is 2. The first-order valence-corrected chi connectivity index (χ1v) is 8.64. The maximum Gasteiger partial charge on any atom is 0.348 e. The van der Waals surface area contributed by atoms with Crippen LogP contribution in [0, 0.1) is 6.92 Å². The summed E-state index contributed by atoms with van der Waals surface area (Å²) in [6.45, 7) is 3.01. The smallest absolute Gasteiger partial charge is 0.348 e. The van der Waals surface area contributed by atoms with Crippen molar-refractivity contribution in [3.8, 4) is 5.75 Å². The Labute approximate surface area is 155 Å². The third-order valence-corrected chi connectivity index (χ3v) is 4.73. The number of hydrazone groups is 1. The number of aromatic hydroxyl groups is 1. The molecule has 6 heteroatoms. The Morgan fingerprint density at radius 3 is 2.63 bits per heavy atom. The Balaban J connectivity index is 1.77. The zero-order valence-corrected chi connectivity index (χ0v) is 15.0. The second-order valence-electron chi connectivity index (χ2n) is 6.64. The highest BCUT2D eigenvalue weighted by molar-refractivity contribution is 6.04. The summed E-state index contributed by atoms with van der Waals surface area (Å²) >= 11 is 0. The number of hydrogen-bond acceptors (Lipinski definition) is 5. The lowest BCUT2D eigenvalue weighted by molar-refractivity contribution is -0.130. The predicted molar refractivity (Wildman–Crippen MR) is 102 cm³/mol. The first kappa shape index (κ1) is 17.0. The summed E-state index contributed by atoms with van der Waals surface area (Å²) in [5.74, 6) is -0.112. The molecular formula is C21H18N2O4. The van der Waals surface area contributed by atoms with E-state index in [1.807, 2.05) is 42.5 Å². The lowest BCUT2D eigenvalue weighted by Crippen LogP contribution is -2.24. The van der Waals surface area contributed by atoms with Gasteiger partial charge in [-0.25, -0.2) is 9.80 Å². The van der Waals surface area contributed by atoms with Crippen LogP contribution in [0.2, 0.25) is 0 Å². The van der Waals surface area contributed by atoms with Crippen molar-refractivity contribution in [3.63, 3.8) is 0 Å². The van der Waals surface area contributed by atoms with Gasteiger partial charge in [0, 0.05) is 19.4 Å². The van der Waals surface area contributed by atoms with Gasteiger partial charge in [0.25, 0.3) is 0 Å². The van der Waals surface area contributed by atoms with Crippen molar-refractivity contribution >= 4 is 22.4 Å². The molecule has 136 valence electrons. The molecule has 6 nitrogen and oxygen atoms in total. The van der Waals surface area contributed by atoms with Crippen LogP contribution < -0.4 is 5.63 Å². The van der Waals surface area contributed by atoms with Crippen LogP contribution in [0.25, 0.3) is 10.8 Å². The van der Waals surface area contributed by atoms with E-state index in [1.165, 1.54) is 18.0 Å². The van der Waals surface area contributed by atoms with Crippen molar-refractivity contribution in [2.75, 3.05) is 0 Å². The topological polar surface area (TPSA) is 83.1 Å². The minimum atomic E-state index is -0.658. The molecule has 0 aliphatic carbocycles. The highest BCUT2D eigenvalue weighted by atomic mass is 16.4. The van der Waals surface area contributed by atoms with E-state index < -0.39 is 5.63 Å². The molecule has 1 amide bonds. The Kier molecular flexibility index (Phi) is 4.03. The molecule has 27 heavy (non-hydrogen) atoms. The second kappa shape index (κ2) is 6.39. The molecule has 1 aromatic heterocycles. The Morgan fingerprint density at radius 2 is 1.93 bits per heavy atom. The van der Waals surface area contributed by atoms with Crippen LogP contribution in [0.4, 0.5) is 0 Å². The number of fused-ring (bicyclic) bond motifs is 1. The van der Waals surface area contributed by atoms with E-state index in [2.05, 4.69) is 5.10 Å². The Bertz CT molecular complexity index is 1150. The summed E-state index contributed by atoms with van der Waals surface area (Å²) < 4.78 is 5.10. The van der Waals surface area contributed by atoms with E-state index in [0.717, 1.165) is 16.3 Å². The third-order valence-electron chi connectivity index (χ3n) is 4.73. The van der Waals surface area contributed by atoms with Crippen LogP contribution in [0.5, 0.6) is 5.75 Å². The standard InChI is InChI=1S/C21H18N2O4/c1-12-9-19(25)20(21(26)27-12)17-11-18(23(22-17)13(2)24)16-8-7-14-5-3-4-6-15(14)10-16/h3-10,18,25H,11H2,1-2H3/t18-/m0/s1. The summed E-state index contributed by atoms with van der Waals surface area (Å²) in [5, 5.41) is 18.1. The molecule has 1 aliphatic rings. The van der Waals surface area contributed by atoms with Crippen LogP contribution in [0.1, 0.15) is 36.3 Å². The number of carbonyl (C=O) groups excluding carboxylic acids is 1. The van der Waals surface area contributed by atoms with Gasteiger partial charge in [-0.15, -0.1) is 0 Å². The van der Waals surface area contributed by atoms with Gasteiger partial charge in [0.1, 0.15) is 17.1 Å². The van der Waals surface area contributed by atoms with Gasteiger partial charge in [-0.1, -0.05) is 36.4 Å². The molecule has 0 bridgehead atoms. The molecule has 1 aliphatic heterocycles. The van der Waals surface area contributed by atoms with Gasteiger partial charge in [-0.05, 0) is 29.3 Å². The fraction of sp³-hybridized carbons (Fsp3) is 0.190. The van der Waals surface area contributed by atoms with Crippen LogP contribution in [-0.2, 0) is 4.79 Å². The molecule has 0 saturated heterocycles. The fourth-order valence-corrected chi connectivity index (χ4v) is 3.49. The first-order chi connectivity index (χ1) is 12.9. The van der Waals surface area contributed by atoms with E-state index in [1.54, 1.807) is 6.92 Å². The van der Waals surface area contributed by atoms with Crippen molar-refractivity contribution in [2.45, 2.75) is 26.3 Å². The van der Waals surface area contributed by atoms with Crippen LogP contribution in [-0.4, -0.2) is 21.7 Å². The van der Waals surface area contributed by atoms with E-state index in [9.17, 15) is 14.7 Å². The minimum absolute atomic E-state index is 0.00939. The second-order valence-corrected chi connectivity index (χ2v) is 6.64. The van der Waals surface area contributed by atoms with Crippen LogP contribution in [0.15, 0.2) is 62.8 Å². The van der Waals surface area contributed by atoms with Gasteiger partial charge in [-0.3, -0.25) is 4.79 Å². The lowest BCUT2D eigenvalue weighted by Gasteiger charge is -2.20. The van der Waals surface area contributed by atoms with Crippen molar-refractivity contribution < 1.29 is 14.3 Å². The van der Waals surface area contributed by atoms with Gasteiger partial charge >= 0.3 is 5.63 Å².